The van der Waals surface area contributed by atoms with E-state index in [1.807, 2.05) is 30.3 Å². The largest absolute Gasteiger partial charge is 0.342 e. The Kier molecular flexibility index (Phi) is 4.10. The van der Waals surface area contributed by atoms with Crippen LogP contribution in [0.4, 0.5) is 13.9 Å². The highest BCUT2D eigenvalue weighted by atomic mass is 32.1. The van der Waals surface area contributed by atoms with Crippen molar-refractivity contribution in [1.29, 1.82) is 0 Å². The molecule has 0 bridgehead atoms. The van der Waals surface area contributed by atoms with Crippen molar-refractivity contribution in [2.75, 3.05) is 11.9 Å². The van der Waals surface area contributed by atoms with E-state index in [9.17, 15) is 8.78 Å². The summed E-state index contributed by atoms with van der Waals surface area (Å²) in [6.07, 6.45) is 2.63. The first-order valence-corrected chi connectivity index (χ1v) is 7.32. The molecule has 2 aromatic heterocycles. The molecule has 0 aliphatic heterocycles. The molecule has 114 valence electrons. The summed E-state index contributed by atoms with van der Waals surface area (Å²) in [5.74, 6) is 0.915. The minimum atomic E-state index is -2.60. The Balaban J connectivity index is 1.77. The standard InChI is InChI=1S/C14H13F2N5S/c1-20(9-11-17-7-8-21(11)13(15)16)14-18-12(19-22-14)10-5-3-2-4-6-10/h2-8,13H,9H2,1H3. The monoisotopic (exact) mass is 321 g/mol. The quantitative estimate of drug-likeness (QED) is 0.722. The first kappa shape index (κ1) is 14.6. The van der Waals surface area contributed by atoms with E-state index < -0.39 is 6.55 Å². The van der Waals surface area contributed by atoms with Crippen molar-refractivity contribution in [1.82, 2.24) is 18.9 Å². The molecule has 22 heavy (non-hydrogen) atoms. The van der Waals surface area contributed by atoms with Gasteiger partial charge in [0.15, 0.2) is 5.82 Å². The van der Waals surface area contributed by atoms with Crippen LogP contribution in [0, 0.1) is 0 Å². The number of nitrogens with zero attached hydrogens (tertiary/aromatic N) is 5. The summed E-state index contributed by atoms with van der Waals surface area (Å²) in [6.45, 7) is -2.36. The molecule has 0 radical (unpaired) electrons. The van der Waals surface area contributed by atoms with Crippen molar-refractivity contribution in [2.45, 2.75) is 13.1 Å². The van der Waals surface area contributed by atoms with Gasteiger partial charge in [-0.3, -0.25) is 4.57 Å². The van der Waals surface area contributed by atoms with Crippen molar-refractivity contribution >= 4 is 16.7 Å². The highest BCUT2D eigenvalue weighted by Crippen LogP contribution is 2.24. The van der Waals surface area contributed by atoms with E-state index in [1.54, 1.807) is 11.9 Å². The lowest BCUT2D eigenvalue weighted by Gasteiger charge is -2.15. The van der Waals surface area contributed by atoms with Gasteiger partial charge in [-0.1, -0.05) is 30.3 Å². The third-order valence-electron chi connectivity index (χ3n) is 3.11. The van der Waals surface area contributed by atoms with Gasteiger partial charge in [-0.15, -0.1) is 0 Å². The van der Waals surface area contributed by atoms with Gasteiger partial charge in [0.05, 0.1) is 6.54 Å². The highest BCUT2D eigenvalue weighted by Gasteiger charge is 2.16. The number of imidazole rings is 1. The Morgan fingerprint density at radius 2 is 2.05 bits per heavy atom. The fourth-order valence-corrected chi connectivity index (χ4v) is 2.64. The van der Waals surface area contributed by atoms with Gasteiger partial charge < -0.3 is 4.90 Å². The van der Waals surface area contributed by atoms with Crippen molar-refractivity contribution in [3.8, 4) is 11.4 Å². The van der Waals surface area contributed by atoms with Crippen LogP contribution in [-0.4, -0.2) is 26.0 Å². The Labute approximate surface area is 130 Å². The first-order chi connectivity index (χ1) is 10.6. The van der Waals surface area contributed by atoms with Crippen LogP contribution in [0.2, 0.25) is 0 Å². The summed E-state index contributed by atoms with van der Waals surface area (Å²) in [6, 6.07) is 9.61. The lowest BCUT2D eigenvalue weighted by Crippen LogP contribution is -2.19. The summed E-state index contributed by atoms with van der Waals surface area (Å²) in [5.41, 5.74) is 0.924. The van der Waals surface area contributed by atoms with E-state index in [4.69, 9.17) is 0 Å². The van der Waals surface area contributed by atoms with E-state index in [-0.39, 0.29) is 12.4 Å². The van der Waals surface area contributed by atoms with Crippen LogP contribution in [0.3, 0.4) is 0 Å². The molecule has 5 nitrogen and oxygen atoms in total. The fourth-order valence-electron chi connectivity index (χ4n) is 2.00. The third-order valence-corrected chi connectivity index (χ3v) is 3.94. The summed E-state index contributed by atoms with van der Waals surface area (Å²) in [4.78, 5) is 10.2. The number of benzene rings is 1. The minimum absolute atomic E-state index is 0.237. The molecule has 8 heteroatoms. The number of alkyl halides is 2. The molecule has 0 saturated carbocycles. The predicted octanol–water partition coefficient (Wildman–Crippen LogP) is 3.43. The Hall–Kier alpha value is -2.35. The van der Waals surface area contributed by atoms with Crippen molar-refractivity contribution < 1.29 is 8.78 Å². The predicted molar refractivity (Wildman–Crippen MR) is 80.9 cm³/mol. The smallest absolute Gasteiger partial charge is 0.319 e. The molecular formula is C14H13F2N5S. The summed E-state index contributed by atoms with van der Waals surface area (Å²) >= 11 is 1.23. The summed E-state index contributed by atoms with van der Waals surface area (Å²) < 4.78 is 30.8. The van der Waals surface area contributed by atoms with E-state index in [1.165, 1.54) is 23.9 Å². The second-order valence-electron chi connectivity index (χ2n) is 4.65. The molecule has 0 unspecified atom stereocenters. The number of hydrogen-bond donors (Lipinski definition) is 0. The molecule has 0 spiro atoms. The van der Waals surface area contributed by atoms with Crippen molar-refractivity contribution in [2.24, 2.45) is 0 Å². The maximum Gasteiger partial charge on any atom is 0.319 e. The van der Waals surface area contributed by atoms with Gasteiger partial charge >= 0.3 is 6.55 Å². The molecule has 0 atom stereocenters. The highest BCUT2D eigenvalue weighted by molar-refractivity contribution is 7.09. The summed E-state index contributed by atoms with van der Waals surface area (Å²) in [7, 11) is 1.78. The van der Waals surface area contributed by atoms with Gasteiger partial charge in [-0.05, 0) is 0 Å². The second-order valence-corrected chi connectivity index (χ2v) is 5.38. The molecule has 0 aliphatic rings. The van der Waals surface area contributed by atoms with E-state index in [0.29, 0.717) is 11.0 Å². The van der Waals surface area contributed by atoms with E-state index in [2.05, 4.69) is 14.3 Å². The minimum Gasteiger partial charge on any atom is -0.342 e. The molecule has 0 aliphatic carbocycles. The fraction of sp³-hybridized carbons (Fsp3) is 0.214. The van der Waals surface area contributed by atoms with Gasteiger partial charge in [-0.2, -0.15) is 18.1 Å². The van der Waals surface area contributed by atoms with Gasteiger partial charge in [0.25, 0.3) is 0 Å². The molecule has 0 saturated heterocycles. The molecule has 0 fully saturated rings. The second kappa shape index (κ2) is 6.18. The SMILES string of the molecule is CN(Cc1nccn1C(F)F)c1nc(-c2ccccc2)ns1. The lowest BCUT2D eigenvalue weighted by atomic mass is 10.2. The molecule has 3 aromatic rings. The average Bonchev–Trinajstić information content (AvgIpc) is 3.17. The number of hydrogen-bond acceptors (Lipinski definition) is 5. The van der Waals surface area contributed by atoms with Crippen LogP contribution in [0.5, 0.6) is 0 Å². The first-order valence-electron chi connectivity index (χ1n) is 6.55. The molecule has 0 N–H and O–H groups in total. The van der Waals surface area contributed by atoms with E-state index >= 15 is 0 Å². The van der Waals surface area contributed by atoms with E-state index in [0.717, 1.165) is 10.1 Å². The topological polar surface area (TPSA) is 46.8 Å². The van der Waals surface area contributed by atoms with Crippen molar-refractivity contribution in [3.63, 3.8) is 0 Å². The van der Waals surface area contributed by atoms with Gasteiger partial charge in [0.2, 0.25) is 5.13 Å². The number of anilines is 1. The number of halogens is 2. The van der Waals surface area contributed by atoms with Gasteiger partial charge in [0, 0.05) is 36.5 Å². The van der Waals surface area contributed by atoms with Crippen LogP contribution in [0.15, 0.2) is 42.7 Å². The number of aromatic nitrogens is 4. The Morgan fingerprint density at radius 1 is 1.27 bits per heavy atom. The van der Waals surface area contributed by atoms with Gasteiger partial charge in [-0.25, -0.2) is 4.98 Å². The lowest BCUT2D eigenvalue weighted by molar-refractivity contribution is 0.0670. The van der Waals surface area contributed by atoms with Crippen LogP contribution < -0.4 is 4.90 Å². The molecule has 0 amide bonds. The Bertz CT molecular complexity index is 741. The van der Waals surface area contributed by atoms with Crippen molar-refractivity contribution in [3.05, 3.63) is 48.5 Å². The maximum absolute atomic E-state index is 12.8. The zero-order valence-corrected chi connectivity index (χ0v) is 12.5. The molecule has 1 aromatic carbocycles. The molecule has 3 rings (SSSR count). The zero-order valence-electron chi connectivity index (χ0n) is 11.7. The van der Waals surface area contributed by atoms with Crippen LogP contribution >= 0.6 is 11.5 Å². The normalized spacial score (nSPS) is 11.1. The molecule has 2 heterocycles. The summed E-state index contributed by atoms with van der Waals surface area (Å²) in [5, 5.41) is 0.655. The average molecular weight is 321 g/mol. The van der Waals surface area contributed by atoms with Gasteiger partial charge in [0.1, 0.15) is 5.82 Å². The number of rotatable bonds is 5. The third kappa shape index (κ3) is 2.96. The Morgan fingerprint density at radius 3 is 2.77 bits per heavy atom. The maximum atomic E-state index is 12.8. The van der Waals surface area contributed by atoms with Crippen LogP contribution in [0.1, 0.15) is 12.4 Å². The zero-order chi connectivity index (χ0) is 15.5. The van der Waals surface area contributed by atoms with Crippen LogP contribution in [0.25, 0.3) is 11.4 Å². The molecular weight excluding hydrogens is 308 g/mol. The van der Waals surface area contributed by atoms with Crippen LogP contribution in [-0.2, 0) is 6.54 Å².